The van der Waals surface area contributed by atoms with Crippen LogP contribution in [0.2, 0.25) is 0 Å². The summed E-state index contributed by atoms with van der Waals surface area (Å²) in [5.41, 5.74) is 7.50. The van der Waals surface area contributed by atoms with Gasteiger partial charge in [0, 0.05) is 6.42 Å². The van der Waals surface area contributed by atoms with Crippen molar-refractivity contribution in [3.8, 4) is 22.4 Å². The first-order valence-electron chi connectivity index (χ1n) is 10.4. The molecule has 0 unspecified atom stereocenters. The van der Waals surface area contributed by atoms with Crippen LogP contribution in [-0.4, -0.2) is 9.97 Å². The highest BCUT2D eigenvalue weighted by molar-refractivity contribution is 5.68. The zero-order valence-corrected chi connectivity index (χ0v) is 17.2. The number of aromatic amines is 1. The molecule has 0 aliphatic rings. The quantitative estimate of drug-likeness (QED) is 0.378. The maximum absolute atomic E-state index is 4.59. The van der Waals surface area contributed by atoms with Gasteiger partial charge in [0.1, 0.15) is 5.82 Å². The van der Waals surface area contributed by atoms with Gasteiger partial charge in [-0.25, -0.2) is 4.98 Å². The number of nitrogens with one attached hydrogen (secondary N) is 1. The Morgan fingerprint density at radius 2 is 1.31 bits per heavy atom. The molecule has 146 valence electrons. The molecule has 2 heteroatoms. The first-order chi connectivity index (χ1) is 14.2. The molecule has 0 aliphatic heterocycles. The van der Waals surface area contributed by atoms with Gasteiger partial charge in [0.2, 0.25) is 0 Å². The van der Waals surface area contributed by atoms with E-state index < -0.39 is 0 Å². The third kappa shape index (κ3) is 5.03. The minimum absolute atomic E-state index is 0.698. The van der Waals surface area contributed by atoms with E-state index in [1.54, 1.807) is 0 Å². The Morgan fingerprint density at radius 3 is 2.00 bits per heavy atom. The van der Waals surface area contributed by atoms with Gasteiger partial charge < -0.3 is 4.98 Å². The zero-order chi connectivity index (χ0) is 20.1. The molecule has 0 aliphatic carbocycles. The minimum atomic E-state index is 0.698. The van der Waals surface area contributed by atoms with Crippen molar-refractivity contribution in [2.75, 3.05) is 0 Å². The van der Waals surface area contributed by atoms with Gasteiger partial charge in [-0.15, -0.1) is 0 Å². The summed E-state index contributed by atoms with van der Waals surface area (Å²) in [6.07, 6.45) is 5.01. The molecule has 29 heavy (non-hydrogen) atoms. The molecule has 1 aromatic heterocycles. The highest BCUT2D eigenvalue weighted by Crippen LogP contribution is 2.24. The molecule has 0 amide bonds. The third-order valence-corrected chi connectivity index (χ3v) is 5.25. The zero-order valence-electron chi connectivity index (χ0n) is 17.2. The molecule has 4 rings (SSSR count). The van der Waals surface area contributed by atoms with Crippen molar-refractivity contribution in [2.45, 2.75) is 33.1 Å². The number of rotatable bonds is 7. The maximum Gasteiger partial charge on any atom is 0.106 e. The lowest BCUT2D eigenvalue weighted by Gasteiger charge is -2.06. The highest BCUT2D eigenvalue weighted by atomic mass is 14.9. The summed E-state index contributed by atoms with van der Waals surface area (Å²) in [7, 11) is 0. The summed E-state index contributed by atoms with van der Waals surface area (Å²) >= 11 is 0. The first kappa shape index (κ1) is 19.2. The van der Waals surface area contributed by atoms with E-state index in [2.05, 4.69) is 96.6 Å². The predicted molar refractivity (Wildman–Crippen MR) is 122 cm³/mol. The molecule has 1 N–H and O–H groups in total. The molecule has 0 atom stereocenters. The van der Waals surface area contributed by atoms with Crippen molar-refractivity contribution in [1.82, 2.24) is 9.97 Å². The fourth-order valence-corrected chi connectivity index (χ4v) is 3.69. The van der Waals surface area contributed by atoms with E-state index in [0.717, 1.165) is 30.8 Å². The van der Waals surface area contributed by atoms with Gasteiger partial charge in [0.05, 0.1) is 11.9 Å². The van der Waals surface area contributed by atoms with Crippen LogP contribution >= 0.6 is 0 Å². The molecule has 3 aromatic carbocycles. The molecule has 0 radical (unpaired) electrons. The molecule has 0 spiro atoms. The lowest BCUT2D eigenvalue weighted by Crippen LogP contribution is -1.96. The van der Waals surface area contributed by atoms with Crippen molar-refractivity contribution in [1.29, 1.82) is 0 Å². The number of nitrogens with zero attached hydrogens (tertiary/aromatic N) is 1. The molecule has 2 nitrogen and oxygen atoms in total. The molecule has 0 bridgehead atoms. The highest BCUT2D eigenvalue weighted by Gasteiger charge is 2.05. The van der Waals surface area contributed by atoms with Gasteiger partial charge in [0.25, 0.3) is 0 Å². The van der Waals surface area contributed by atoms with Crippen molar-refractivity contribution in [3.63, 3.8) is 0 Å². The molecule has 1 heterocycles. The Kier molecular flexibility index (Phi) is 5.90. The lowest BCUT2D eigenvalue weighted by molar-refractivity contribution is 0.647. The topological polar surface area (TPSA) is 28.7 Å². The summed E-state index contributed by atoms with van der Waals surface area (Å²) in [5, 5.41) is 0. The number of hydrogen-bond acceptors (Lipinski definition) is 1. The number of hydrogen-bond donors (Lipinski definition) is 1. The van der Waals surface area contributed by atoms with Crippen LogP contribution in [0.5, 0.6) is 0 Å². The van der Waals surface area contributed by atoms with Gasteiger partial charge in [-0.2, -0.15) is 0 Å². The average molecular weight is 381 g/mol. The third-order valence-electron chi connectivity index (χ3n) is 5.25. The van der Waals surface area contributed by atoms with Crippen LogP contribution in [0.1, 0.15) is 30.8 Å². The largest absolute Gasteiger partial charge is 0.342 e. The summed E-state index contributed by atoms with van der Waals surface area (Å²) < 4.78 is 0. The van der Waals surface area contributed by atoms with Gasteiger partial charge >= 0.3 is 0 Å². The van der Waals surface area contributed by atoms with Crippen molar-refractivity contribution < 1.29 is 0 Å². The normalized spacial score (nSPS) is 11.1. The van der Waals surface area contributed by atoms with E-state index in [-0.39, 0.29) is 0 Å². The van der Waals surface area contributed by atoms with Crippen molar-refractivity contribution >= 4 is 0 Å². The summed E-state index contributed by atoms with van der Waals surface area (Å²) in [6.45, 7) is 4.52. The monoisotopic (exact) mass is 380 g/mol. The van der Waals surface area contributed by atoms with Gasteiger partial charge in [-0.05, 0) is 46.6 Å². The Bertz CT molecular complexity index is 1030. The van der Waals surface area contributed by atoms with E-state index in [1.807, 2.05) is 12.3 Å². The van der Waals surface area contributed by atoms with E-state index in [9.17, 15) is 0 Å². The second kappa shape index (κ2) is 8.91. The smallest absolute Gasteiger partial charge is 0.106 e. The van der Waals surface area contributed by atoms with E-state index >= 15 is 0 Å². The lowest BCUT2D eigenvalue weighted by atomic mass is 10.0. The van der Waals surface area contributed by atoms with Crippen molar-refractivity contribution in [2.24, 2.45) is 5.92 Å². The van der Waals surface area contributed by atoms with Gasteiger partial charge in [-0.1, -0.05) is 92.7 Å². The maximum atomic E-state index is 4.59. The standard InChI is InChI=1S/C27H28N2/c1-20(2)18-22-10-8-21(9-11-22)12-17-27-28-19-26(29-27)25-15-13-24(14-16-25)23-6-4-3-5-7-23/h3-11,13-16,19-20H,12,17-18H2,1-2H3,(H,28,29). The van der Waals surface area contributed by atoms with Crippen LogP contribution in [0.4, 0.5) is 0 Å². The molecule has 0 saturated heterocycles. The van der Waals surface area contributed by atoms with E-state index in [4.69, 9.17) is 0 Å². The van der Waals surface area contributed by atoms with Gasteiger partial charge in [0.15, 0.2) is 0 Å². The number of benzene rings is 3. The number of aromatic nitrogens is 2. The Labute approximate surface area is 173 Å². The second-order valence-electron chi connectivity index (χ2n) is 8.10. The molecule has 0 saturated carbocycles. The van der Waals surface area contributed by atoms with Crippen LogP contribution in [0.25, 0.3) is 22.4 Å². The predicted octanol–water partition coefficient (Wildman–Crippen LogP) is 6.73. The van der Waals surface area contributed by atoms with Crippen LogP contribution in [-0.2, 0) is 19.3 Å². The second-order valence-corrected chi connectivity index (χ2v) is 8.10. The fraction of sp³-hybridized carbons (Fsp3) is 0.222. The van der Waals surface area contributed by atoms with E-state index in [1.165, 1.54) is 27.8 Å². The molecule has 0 fully saturated rings. The first-order valence-corrected chi connectivity index (χ1v) is 10.4. The van der Waals surface area contributed by atoms with E-state index in [0.29, 0.717) is 5.92 Å². The van der Waals surface area contributed by atoms with Crippen LogP contribution < -0.4 is 0 Å². The number of aryl methyl sites for hydroxylation is 2. The molecular formula is C27H28N2. The van der Waals surface area contributed by atoms with Gasteiger partial charge in [-0.3, -0.25) is 0 Å². The Morgan fingerprint density at radius 1 is 0.690 bits per heavy atom. The molecular weight excluding hydrogens is 352 g/mol. The van der Waals surface area contributed by atoms with Crippen LogP contribution in [0, 0.1) is 5.92 Å². The fourth-order valence-electron chi connectivity index (χ4n) is 3.69. The Balaban J connectivity index is 1.38. The van der Waals surface area contributed by atoms with Crippen LogP contribution in [0.3, 0.4) is 0 Å². The summed E-state index contributed by atoms with van der Waals surface area (Å²) in [6, 6.07) is 28.2. The number of imidazole rings is 1. The van der Waals surface area contributed by atoms with Crippen molar-refractivity contribution in [3.05, 3.63) is 102 Å². The Hall–Kier alpha value is -3.13. The number of H-pyrrole nitrogens is 1. The average Bonchev–Trinajstić information content (AvgIpc) is 3.23. The SMILES string of the molecule is CC(C)Cc1ccc(CCc2ncc(-c3ccc(-c4ccccc4)cc3)[nH]2)cc1. The summed E-state index contributed by atoms with van der Waals surface area (Å²) in [5.74, 6) is 1.74. The minimum Gasteiger partial charge on any atom is -0.342 e. The molecule has 4 aromatic rings. The van der Waals surface area contributed by atoms with Crippen LogP contribution in [0.15, 0.2) is 85.1 Å². The summed E-state index contributed by atoms with van der Waals surface area (Å²) in [4.78, 5) is 8.07.